The van der Waals surface area contributed by atoms with Crippen LogP contribution in [0.25, 0.3) is 0 Å². The van der Waals surface area contributed by atoms with Gasteiger partial charge in [0.1, 0.15) is 6.29 Å². The highest BCUT2D eigenvalue weighted by molar-refractivity contribution is 5.73. The van der Waals surface area contributed by atoms with Crippen molar-refractivity contribution in [1.82, 2.24) is 9.80 Å². The molecule has 122 valence electrons. The Morgan fingerprint density at radius 1 is 1.00 bits per heavy atom. The minimum absolute atomic E-state index is 0.0854. The van der Waals surface area contributed by atoms with Crippen LogP contribution in [0.4, 0.5) is 9.59 Å². The zero-order chi connectivity index (χ0) is 17.0. The molecule has 0 saturated heterocycles. The molecule has 2 N–H and O–H groups in total. The van der Waals surface area contributed by atoms with E-state index in [0.717, 1.165) is 4.90 Å². The quantitative estimate of drug-likeness (QED) is 0.760. The van der Waals surface area contributed by atoms with Crippen LogP contribution >= 0.6 is 0 Å². The number of hydrogen-bond acceptors (Lipinski definition) is 3. The molecule has 0 aromatic carbocycles. The molecule has 0 aliphatic rings. The van der Waals surface area contributed by atoms with E-state index in [0.29, 0.717) is 6.29 Å². The summed E-state index contributed by atoms with van der Waals surface area (Å²) in [5.74, 6) is 0. The number of aldehydes is 1. The van der Waals surface area contributed by atoms with Crippen molar-refractivity contribution < 1.29 is 24.6 Å². The molecule has 0 fully saturated rings. The van der Waals surface area contributed by atoms with Gasteiger partial charge in [0, 0.05) is 17.6 Å². The molecule has 0 saturated carbocycles. The second-order valence-electron chi connectivity index (χ2n) is 6.92. The highest BCUT2D eigenvalue weighted by Crippen LogP contribution is 2.20. The van der Waals surface area contributed by atoms with Gasteiger partial charge in [-0.2, -0.15) is 0 Å². The minimum atomic E-state index is -1.20. The first-order valence-corrected chi connectivity index (χ1v) is 6.80. The maximum absolute atomic E-state index is 11.4. The third-order valence-electron chi connectivity index (χ3n) is 3.11. The van der Waals surface area contributed by atoms with E-state index in [2.05, 4.69) is 0 Å². The van der Waals surface area contributed by atoms with E-state index < -0.39 is 29.3 Å². The van der Waals surface area contributed by atoms with Crippen LogP contribution in [0, 0.1) is 0 Å². The SMILES string of the molecule is CC(C)(C)N(CC[C@@H](C=O)N(C(=O)O)C(C)(C)C)C(=O)O. The Hall–Kier alpha value is -1.79. The fourth-order valence-electron chi connectivity index (χ4n) is 2.16. The van der Waals surface area contributed by atoms with Crippen LogP contribution in [0.3, 0.4) is 0 Å². The van der Waals surface area contributed by atoms with Gasteiger partial charge in [0.15, 0.2) is 0 Å². The van der Waals surface area contributed by atoms with Gasteiger partial charge in [-0.05, 0) is 48.0 Å². The van der Waals surface area contributed by atoms with Gasteiger partial charge in [0.25, 0.3) is 0 Å². The molecule has 7 heteroatoms. The Morgan fingerprint density at radius 2 is 1.48 bits per heavy atom. The molecule has 21 heavy (non-hydrogen) atoms. The van der Waals surface area contributed by atoms with Gasteiger partial charge in [-0.15, -0.1) is 0 Å². The summed E-state index contributed by atoms with van der Waals surface area (Å²) in [4.78, 5) is 36.1. The average molecular weight is 302 g/mol. The predicted octanol–water partition coefficient (Wildman–Crippen LogP) is 2.50. The molecule has 0 spiro atoms. The van der Waals surface area contributed by atoms with Crippen molar-refractivity contribution in [3.8, 4) is 0 Å². The Bertz CT molecular complexity index is 395. The lowest BCUT2D eigenvalue weighted by Crippen LogP contribution is -2.54. The van der Waals surface area contributed by atoms with Crippen LogP contribution in [0.5, 0.6) is 0 Å². The smallest absolute Gasteiger partial charge is 0.408 e. The topological polar surface area (TPSA) is 98.2 Å². The Kier molecular flexibility index (Phi) is 6.20. The van der Waals surface area contributed by atoms with Crippen molar-refractivity contribution >= 4 is 18.5 Å². The van der Waals surface area contributed by atoms with E-state index in [9.17, 15) is 24.6 Å². The molecule has 0 aromatic heterocycles. The number of hydrogen-bond donors (Lipinski definition) is 2. The lowest BCUT2D eigenvalue weighted by molar-refractivity contribution is -0.114. The van der Waals surface area contributed by atoms with Gasteiger partial charge in [-0.25, -0.2) is 9.59 Å². The summed E-state index contributed by atoms with van der Waals surface area (Å²) in [6, 6.07) is -0.883. The maximum atomic E-state index is 11.4. The molecule has 2 amide bonds. The number of rotatable bonds is 5. The minimum Gasteiger partial charge on any atom is -0.465 e. The molecule has 0 aliphatic heterocycles. The van der Waals surface area contributed by atoms with Gasteiger partial charge >= 0.3 is 12.2 Å². The van der Waals surface area contributed by atoms with Crippen LogP contribution in [-0.2, 0) is 4.79 Å². The van der Waals surface area contributed by atoms with Crippen molar-refractivity contribution in [3.05, 3.63) is 0 Å². The summed E-state index contributed by atoms with van der Waals surface area (Å²) >= 11 is 0. The second-order valence-corrected chi connectivity index (χ2v) is 6.92. The van der Waals surface area contributed by atoms with Gasteiger partial charge in [0.05, 0.1) is 6.04 Å². The van der Waals surface area contributed by atoms with E-state index in [1.807, 2.05) is 0 Å². The third-order valence-corrected chi connectivity index (χ3v) is 3.11. The maximum Gasteiger partial charge on any atom is 0.408 e. The van der Waals surface area contributed by atoms with Crippen molar-refractivity contribution in [1.29, 1.82) is 0 Å². The first kappa shape index (κ1) is 19.2. The molecule has 0 radical (unpaired) electrons. The number of amides is 2. The fraction of sp³-hybridized carbons (Fsp3) is 0.786. The van der Waals surface area contributed by atoms with Gasteiger partial charge in [-0.1, -0.05) is 0 Å². The lowest BCUT2D eigenvalue weighted by Gasteiger charge is -2.39. The van der Waals surface area contributed by atoms with Gasteiger partial charge in [-0.3, -0.25) is 4.90 Å². The van der Waals surface area contributed by atoms with E-state index in [4.69, 9.17) is 0 Å². The summed E-state index contributed by atoms with van der Waals surface area (Å²) in [7, 11) is 0. The molecule has 0 aliphatic carbocycles. The largest absolute Gasteiger partial charge is 0.465 e. The first-order chi connectivity index (χ1) is 9.32. The van der Waals surface area contributed by atoms with Crippen LogP contribution in [0.2, 0.25) is 0 Å². The van der Waals surface area contributed by atoms with E-state index in [1.165, 1.54) is 4.90 Å². The van der Waals surface area contributed by atoms with E-state index in [-0.39, 0.29) is 13.0 Å². The van der Waals surface area contributed by atoms with Crippen molar-refractivity contribution in [2.24, 2.45) is 0 Å². The number of nitrogens with zero attached hydrogens (tertiary/aromatic N) is 2. The molecule has 0 unspecified atom stereocenters. The van der Waals surface area contributed by atoms with Crippen LogP contribution < -0.4 is 0 Å². The average Bonchev–Trinajstić information content (AvgIpc) is 2.22. The fourth-order valence-corrected chi connectivity index (χ4v) is 2.16. The normalized spacial score (nSPS) is 13.4. The standard InChI is InChI=1S/C14H26N2O5/c1-13(2,3)15(11(18)19)8-7-10(9-17)16(12(20)21)14(4,5)6/h9-10H,7-8H2,1-6H3,(H,18,19)(H,20,21)/t10-/m0/s1. The summed E-state index contributed by atoms with van der Waals surface area (Å²) in [6.07, 6.45) is -1.61. The second kappa shape index (κ2) is 6.78. The van der Waals surface area contributed by atoms with Crippen molar-refractivity contribution in [3.63, 3.8) is 0 Å². The number of carboxylic acid groups (broad SMARTS) is 2. The predicted molar refractivity (Wildman–Crippen MR) is 78.6 cm³/mol. The van der Waals surface area contributed by atoms with E-state index >= 15 is 0 Å². The van der Waals surface area contributed by atoms with Crippen LogP contribution in [-0.4, -0.2) is 62.1 Å². The van der Waals surface area contributed by atoms with Crippen LogP contribution in [0.15, 0.2) is 0 Å². The molecule has 0 aromatic rings. The highest BCUT2D eigenvalue weighted by atomic mass is 16.4. The van der Waals surface area contributed by atoms with Crippen molar-refractivity contribution in [2.75, 3.05) is 6.54 Å². The molecule has 7 nitrogen and oxygen atoms in total. The monoisotopic (exact) mass is 302 g/mol. The Balaban J connectivity index is 5.12. The van der Waals surface area contributed by atoms with Gasteiger partial charge in [0.2, 0.25) is 0 Å². The highest BCUT2D eigenvalue weighted by Gasteiger charge is 2.34. The first-order valence-electron chi connectivity index (χ1n) is 6.80. The molecular formula is C14H26N2O5. The summed E-state index contributed by atoms with van der Waals surface area (Å²) in [5, 5.41) is 18.5. The summed E-state index contributed by atoms with van der Waals surface area (Å²) in [6.45, 7) is 10.4. The molecule has 0 rings (SSSR count). The zero-order valence-electron chi connectivity index (χ0n) is 13.6. The van der Waals surface area contributed by atoms with Crippen LogP contribution in [0.1, 0.15) is 48.0 Å². The molecule has 0 heterocycles. The number of carbonyl (C=O) groups is 3. The summed E-state index contributed by atoms with van der Waals surface area (Å²) in [5.41, 5.74) is -1.36. The third kappa shape index (κ3) is 5.61. The lowest BCUT2D eigenvalue weighted by atomic mass is 10.0. The molecular weight excluding hydrogens is 276 g/mol. The Labute approximate surface area is 125 Å². The molecule has 1 atom stereocenters. The number of carbonyl (C=O) groups excluding carboxylic acids is 1. The summed E-state index contributed by atoms with van der Waals surface area (Å²) < 4.78 is 0. The zero-order valence-corrected chi connectivity index (χ0v) is 13.6. The van der Waals surface area contributed by atoms with E-state index in [1.54, 1.807) is 41.5 Å². The van der Waals surface area contributed by atoms with Gasteiger partial charge < -0.3 is 19.9 Å². The van der Waals surface area contributed by atoms with Crippen molar-refractivity contribution in [2.45, 2.75) is 65.1 Å². The Morgan fingerprint density at radius 3 is 1.71 bits per heavy atom. The molecule has 0 bridgehead atoms.